The zero-order valence-electron chi connectivity index (χ0n) is 53.7. The summed E-state index contributed by atoms with van der Waals surface area (Å²) in [5.41, 5.74) is 18.8. The van der Waals surface area contributed by atoms with Crippen LogP contribution in [0.25, 0.3) is 188 Å². The summed E-state index contributed by atoms with van der Waals surface area (Å²) in [6.45, 7) is 0. The number of benzene rings is 14. The van der Waals surface area contributed by atoms with E-state index in [4.69, 9.17) is 34.3 Å². The van der Waals surface area contributed by atoms with Crippen LogP contribution in [0, 0.1) is 0 Å². The van der Waals surface area contributed by atoms with Gasteiger partial charge >= 0.3 is 0 Å². The first-order valence-corrected chi connectivity index (χ1v) is 34.2. The predicted octanol–water partition coefficient (Wildman–Crippen LogP) is 23.5. The van der Waals surface area contributed by atoms with Crippen LogP contribution in [0.15, 0.2) is 344 Å². The van der Waals surface area contributed by atoms with Gasteiger partial charge in [-0.05, 0) is 95.1 Å². The lowest BCUT2D eigenvalue weighted by atomic mass is 9.95. The third-order valence-electron chi connectivity index (χ3n) is 18.9. The summed E-state index contributed by atoms with van der Waals surface area (Å²) in [4.78, 5) is 30.0. The van der Waals surface area contributed by atoms with E-state index in [1.54, 1.807) is 0 Å². The summed E-state index contributed by atoms with van der Waals surface area (Å²) in [5, 5.41) is 9.58. The molecule has 0 spiro atoms. The molecule has 6 aromatic heterocycles. The molecule has 0 amide bonds. The van der Waals surface area contributed by atoms with Crippen molar-refractivity contribution >= 4 is 97.1 Å². The summed E-state index contributed by atoms with van der Waals surface area (Å²) in [7, 11) is 0. The van der Waals surface area contributed by atoms with E-state index in [9.17, 15) is 0 Å². The van der Waals surface area contributed by atoms with Crippen molar-refractivity contribution in [3.8, 4) is 102 Å². The minimum atomic E-state index is 0.624. The van der Waals surface area contributed by atoms with Crippen molar-refractivity contribution in [3.63, 3.8) is 0 Å². The Morgan fingerprint density at radius 3 is 1.02 bits per heavy atom. The summed E-state index contributed by atoms with van der Waals surface area (Å²) in [6, 6.07) is 118. The molecule has 20 rings (SSSR count). The van der Waals surface area contributed by atoms with E-state index in [0.717, 1.165) is 105 Å². The Bertz CT molecular complexity index is 6000. The molecule has 0 aliphatic rings. The normalized spacial score (nSPS) is 11.6. The van der Waals surface area contributed by atoms with Crippen LogP contribution in [0.4, 0.5) is 0 Å². The van der Waals surface area contributed by atoms with Gasteiger partial charge in [0.25, 0.3) is 0 Å². The molecule has 0 fully saturated rings. The molecule has 0 aliphatic heterocycles. The van der Waals surface area contributed by atoms with E-state index in [-0.39, 0.29) is 0 Å². The minimum absolute atomic E-state index is 0.624. The highest BCUT2D eigenvalue weighted by Gasteiger charge is 2.24. The Morgan fingerprint density at radius 1 is 0.220 bits per heavy atom. The van der Waals surface area contributed by atoms with E-state index in [2.05, 4.69) is 215 Å². The first kappa shape index (κ1) is 58.1. The zero-order valence-corrected chi connectivity index (χ0v) is 54.5. The number of thiophene rings is 1. The van der Waals surface area contributed by atoms with E-state index >= 15 is 0 Å². The molecular weight excluding hydrogens is 1240 g/mol. The van der Waals surface area contributed by atoms with Crippen LogP contribution in [0.2, 0.25) is 0 Å². The Hall–Kier alpha value is -13.3. The Labute approximate surface area is 578 Å². The second-order valence-electron chi connectivity index (χ2n) is 24.8. The average Bonchev–Trinajstić information content (AvgIpc) is 1.57. The van der Waals surface area contributed by atoms with E-state index in [0.29, 0.717) is 34.9 Å². The lowest BCUT2D eigenvalue weighted by Gasteiger charge is -2.10. The lowest BCUT2D eigenvalue weighted by Crippen LogP contribution is -2.00. The zero-order chi connectivity index (χ0) is 66.0. The number of aromatic nitrogens is 8. The Morgan fingerprint density at radius 2 is 0.560 bits per heavy atom. The predicted molar refractivity (Wildman–Crippen MR) is 412 cm³/mol. The van der Waals surface area contributed by atoms with Gasteiger partial charge in [0.05, 0.1) is 22.1 Å². The van der Waals surface area contributed by atoms with Gasteiger partial charge < -0.3 is 13.6 Å². The average molecular weight is 1300 g/mol. The fraction of sp³-hybridized carbons (Fsp3) is 0. The van der Waals surface area contributed by atoms with Crippen LogP contribution >= 0.6 is 11.3 Å². The van der Waals surface area contributed by atoms with Crippen molar-refractivity contribution in [2.45, 2.75) is 0 Å². The minimum Gasteiger partial charge on any atom is -0.456 e. The third kappa shape index (κ3) is 10.1. The van der Waals surface area contributed by atoms with Crippen LogP contribution in [0.5, 0.6) is 0 Å². The van der Waals surface area contributed by atoms with Gasteiger partial charge in [-0.25, -0.2) is 29.9 Å². The SMILES string of the molecule is c1ccc(-c2nc(-c3ccccc3)nc(-c3ccc4c5c(-c6cccc7oc8ccccc8c67)cccc5n(-c5ccccc5)c4c3)n2)cc1.c1ccc(-c2nc(-c3ccccc3)nc(-c3ccc4c5c(-c6cccc7sc8ccccc8c67)cccc5n(-c5ccccc5)c4c3)n2)cc1. The maximum absolute atomic E-state index is 6.31. The molecule has 9 nitrogen and oxygen atoms in total. The molecule has 0 saturated carbocycles. The standard InChI is InChI=1S/C45H28N4O.C45H28N4S/c2*1-4-14-29(15-5-1)43-46-44(30-16-6-2-7-17-30)48-45(47-43)31-26-27-35-38(28-31)49(32-18-8-3-9-19-32)37-23-12-21-33(41(35)37)34-22-13-25-40-42(34)36-20-10-11-24-39(36)50-40/h2*1-28H. The van der Waals surface area contributed by atoms with Gasteiger partial charge in [-0.1, -0.05) is 267 Å². The van der Waals surface area contributed by atoms with Crippen LogP contribution in [-0.4, -0.2) is 39.0 Å². The van der Waals surface area contributed by atoms with Gasteiger partial charge in [0.1, 0.15) is 11.2 Å². The molecule has 468 valence electrons. The smallest absolute Gasteiger partial charge is 0.164 e. The number of hydrogen-bond donors (Lipinski definition) is 0. The molecule has 0 saturated heterocycles. The van der Waals surface area contributed by atoms with Gasteiger partial charge in [-0.15, -0.1) is 11.3 Å². The number of para-hydroxylation sites is 3. The van der Waals surface area contributed by atoms with Crippen molar-refractivity contribution in [2.75, 3.05) is 0 Å². The van der Waals surface area contributed by atoms with E-state index in [1.165, 1.54) is 47.5 Å². The van der Waals surface area contributed by atoms with Gasteiger partial charge in [0.2, 0.25) is 0 Å². The van der Waals surface area contributed by atoms with E-state index < -0.39 is 0 Å². The second-order valence-corrected chi connectivity index (χ2v) is 25.9. The van der Waals surface area contributed by atoms with E-state index in [1.807, 2.05) is 145 Å². The van der Waals surface area contributed by atoms with Crippen molar-refractivity contribution in [1.29, 1.82) is 0 Å². The molecule has 0 unspecified atom stereocenters. The fourth-order valence-electron chi connectivity index (χ4n) is 14.4. The number of nitrogens with zero attached hydrogens (tertiary/aromatic N) is 8. The van der Waals surface area contributed by atoms with Gasteiger partial charge in [0, 0.05) is 97.2 Å². The highest BCUT2D eigenvalue weighted by atomic mass is 32.1. The Balaban J connectivity index is 0.000000139. The lowest BCUT2D eigenvalue weighted by molar-refractivity contribution is 0.669. The summed E-state index contributed by atoms with van der Waals surface area (Å²) in [6.07, 6.45) is 0. The highest BCUT2D eigenvalue weighted by molar-refractivity contribution is 7.26. The maximum Gasteiger partial charge on any atom is 0.164 e. The first-order chi connectivity index (χ1) is 49.6. The molecule has 100 heavy (non-hydrogen) atoms. The first-order valence-electron chi connectivity index (χ1n) is 33.4. The van der Waals surface area contributed by atoms with Crippen molar-refractivity contribution in [2.24, 2.45) is 0 Å². The van der Waals surface area contributed by atoms with Crippen LogP contribution < -0.4 is 0 Å². The van der Waals surface area contributed by atoms with Crippen LogP contribution in [0.1, 0.15) is 0 Å². The summed E-state index contributed by atoms with van der Waals surface area (Å²) < 4.78 is 13.6. The summed E-state index contributed by atoms with van der Waals surface area (Å²) >= 11 is 1.86. The quantitative estimate of drug-likeness (QED) is 0.134. The molecule has 0 N–H and O–H groups in total. The molecule has 10 heteroatoms. The monoisotopic (exact) mass is 1300 g/mol. The summed E-state index contributed by atoms with van der Waals surface area (Å²) in [5.74, 6) is 3.84. The van der Waals surface area contributed by atoms with Crippen LogP contribution in [0.3, 0.4) is 0 Å². The van der Waals surface area contributed by atoms with Crippen molar-refractivity contribution in [3.05, 3.63) is 340 Å². The van der Waals surface area contributed by atoms with Gasteiger partial charge in [-0.2, -0.15) is 0 Å². The van der Waals surface area contributed by atoms with Crippen LogP contribution in [-0.2, 0) is 0 Å². The number of hydrogen-bond acceptors (Lipinski definition) is 8. The van der Waals surface area contributed by atoms with Gasteiger partial charge in [0.15, 0.2) is 34.9 Å². The molecule has 6 heterocycles. The second kappa shape index (κ2) is 24.4. The molecule has 14 aromatic carbocycles. The van der Waals surface area contributed by atoms with Crippen molar-refractivity contribution in [1.82, 2.24) is 39.0 Å². The molecule has 0 aliphatic carbocycles. The largest absolute Gasteiger partial charge is 0.456 e. The number of fused-ring (bicyclic) bond motifs is 12. The number of rotatable bonds is 10. The molecule has 20 aromatic rings. The maximum atomic E-state index is 6.31. The third-order valence-corrected chi connectivity index (χ3v) is 20.0. The molecule has 0 bridgehead atoms. The fourth-order valence-corrected chi connectivity index (χ4v) is 15.6. The van der Waals surface area contributed by atoms with Crippen molar-refractivity contribution < 1.29 is 4.42 Å². The molecule has 0 radical (unpaired) electrons. The highest BCUT2D eigenvalue weighted by Crippen LogP contribution is 2.47. The number of furan rings is 1. The molecule has 0 atom stereocenters. The molecular formula is C90H56N8OS. The Kier molecular flexibility index (Phi) is 14.2. The van der Waals surface area contributed by atoms with Gasteiger partial charge in [-0.3, -0.25) is 0 Å². The topological polar surface area (TPSA) is 100 Å².